The Morgan fingerprint density at radius 3 is 2.59 bits per heavy atom. The Hall–Kier alpha value is -2.53. The van der Waals surface area contributed by atoms with E-state index in [1.165, 1.54) is 0 Å². The van der Waals surface area contributed by atoms with Crippen LogP contribution in [0.3, 0.4) is 0 Å². The van der Waals surface area contributed by atoms with Gasteiger partial charge >= 0.3 is 5.97 Å². The zero-order chi connectivity index (χ0) is 15.5. The van der Waals surface area contributed by atoms with Gasteiger partial charge in [-0.3, -0.25) is 4.98 Å². The molecular weight excluding hydrogens is 344 g/mol. The normalized spacial score (nSPS) is 11.1. The number of pyridine rings is 2. The number of fused-ring (bicyclic) bond motifs is 1. The molecule has 0 saturated carbocycles. The molecule has 2 heterocycles. The fourth-order valence-corrected chi connectivity index (χ4v) is 2.50. The minimum Gasteiger partial charge on any atom is -0.478 e. The number of aromatic nitrogens is 2. The molecule has 0 bridgehead atoms. The van der Waals surface area contributed by atoms with Gasteiger partial charge in [-0.2, -0.15) is 0 Å². The second kappa shape index (κ2) is 6.07. The van der Waals surface area contributed by atoms with Crippen LogP contribution in [0, 0.1) is 0 Å². The Kier molecular flexibility index (Phi) is 3.98. The Morgan fingerprint density at radius 1 is 1.09 bits per heavy atom. The van der Waals surface area contributed by atoms with Crippen molar-refractivity contribution in [2.45, 2.75) is 0 Å². The quantitative estimate of drug-likeness (QED) is 0.763. The van der Waals surface area contributed by atoms with Gasteiger partial charge in [-0.15, -0.1) is 0 Å². The summed E-state index contributed by atoms with van der Waals surface area (Å²) in [7, 11) is 0. The van der Waals surface area contributed by atoms with Crippen LogP contribution in [-0.4, -0.2) is 21.0 Å². The highest BCUT2D eigenvalue weighted by Gasteiger charge is 2.11. The molecule has 0 atom stereocenters. The van der Waals surface area contributed by atoms with Crippen molar-refractivity contribution in [3.63, 3.8) is 0 Å². The summed E-state index contributed by atoms with van der Waals surface area (Å²) in [5, 5.41) is 10.0. The van der Waals surface area contributed by atoms with Crippen LogP contribution in [0.4, 0.5) is 0 Å². The third kappa shape index (κ3) is 3.04. The fourth-order valence-electron chi connectivity index (χ4n) is 2.14. The third-order valence-electron chi connectivity index (χ3n) is 3.17. The maximum Gasteiger partial charge on any atom is 0.336 e. The van der Waals surface area contributed by atoms with Crippen molar-refractivity contribution in [3.8, 4) is 0 Å². The Balaban J connectivity index is 2.09. The van der Waals surface area contributed by atoms with Crippen molar-refractivity contribution in [2.75, 3.05) is 0 Å². The first-order valence-corrected chi connectivity index (χ1v) is 7.34. The molecule has 0 saturated heterocycles. The van der Waals surface area contributed by atoms with Gasteiger partial charge in [0.1, 0.15) is 0 Å². The van der Waals surface area contributed by atoms with Crippen LogP contribution < -0.4 is 0 Å². The molecule has 3 rings (SSSR count). The topological polar surface area (TPSA) is 63.1 Å². The minimum absolute atomic E-state index is 0.237. The van der Waals surface area contributed by atoms with Crippen LogP contribution in [0.2, 0.25) is 0 Å². The minimum atomic E-state index is -0.968. The van der Waals surface area contributed by atoms with Crippen LogP contribution in [0.1, 0.15) is 21.6 Å². The summed E-state index contributed by atoms with van der Waals surface area (Å²) >= 11 is 3.35. The molecule has 0 radical (unpaired) electrons. The second-order valence-electron chi connectivity index (χ2n) is 4.68. The molecule has 0 aliphatic carbocycles. The summed E-state index contributed by atoms with van der Waals surface area (Å²) in [6.07, 6.45) is 7.07. The standard InChI is InChI=1S/C17H11BrN2O2/c18-12-2-4-16-14(9-12)15(17(21)22)10-13(20-16)3-1-11-5-7-19-8-6-11/h1-10H,(H,21,22). The van der Waals surface area contributed by atoms with Crippen molar-refractivity contribution in [3.05, 3.63) is 70.1 Å². The van der Waals surface area contributed by atoms with E-state index in [2.05, 4.69) is 25.9 Å². The van der Waals surface area contributed by atoms with E-state index in [9.17, 15) is 9.90 Å². The fraction of sp³-hybridized carbons (Fsp3) is 0. The molecule has 108 valence electrons. The molecule has 0 amide bonds. The lowest BCUT2D eigenvalue weighted by molar-refractivity contribution is 0.0699. The first-order valence-electron chi connectivity index (χ1n) is 6.55. The summed E-state index contributed by atoms with van der Waals surface area (Å²) < 4.78 is 0.823. The van der Waals surface area contributed by atoms with E-state index in [1.54, 1.807) is 36.7 Å². The van der Waals surface area contributed by atoms with Crippen molar-refractivity contribution >= 4 is 45.0 Å². The second-order valence-corrected chi connectivity index (χ2v) is 5.59. The lowest BCUT2D eigenvalue weighted by Crippen LogP contribution is -2.00. The summed E-state index contributed by atoms with van der Waals surface area (Å²) in [6.45, 7) is 0. The number of nitrogens with zero attached hydrogens (tertiary/aromatic N) is 2. The Morgan fingerprint density at radius 2 is 1.86 bits per heavy atom. The van der Waals surface area contributed by atoms with Crippen LogP contribution >= 0.6 is 15.9 Å². The maximum atomic E-state index is 11.5. The summed E-state index contributed by atoms with van der Waals surface area (Å²) in [5.74, 6) is -0.968. The summed E-state index contributed by atoms with van der Waals surface area (Å²) in [4.78, 5) is 19.9. The van der Waals surface area contributed by atoms with Crippen LogP contribution in [-0.2, 0) is 0 Å². The van der Waals surface area contributed by atoms with Crippen LogP contribution in [0.5, 0.6) is 0 Å². The number of hydrogen-bond donors (Lipinski definition) is 1. The number of carboxylic acids is 1. The zero-order valence-electron chi connectivity index (χ0n) is 11.4. The number of aromatic carboxylic acids is 1. The van der Waals surface area contributed by atoms with Gasteiger partial charge in [-0.05, 0) is 48.0 Å². The highest BCUT2D eigenvalue weighted by Crippen LogP contribution is 2.23. The monoisotopic (exact) mass is 354 g/mol. The molecule has 2 aromatic heterocycles. The van der Waals surface area contributed by atoms with Crippen molar-refractivity contribution in [1.29, 1.82) is 0 Å². The van der Waals surface area contributed by atoms with Gasteiger partial charge in [0.05, 0.1) is 16.8 Å². The van der Waals surface area contributed by atoms with Crippen molar-refractivity contribution < 1.29 is 9.90 Å². The smallest absolute Gasteiger partial charge is 0.336 e. The summed E-state index contributed by atoms with van der Waals surface area (Å²) in [6, 6.07) is 10.7. The van der Waals surface area contributed by atoms with Gasteiger partial charge < -0.3 is 5.11 Å². The summed E-state index contributed by atoms with van der Waals surface area (Å²) in [5.41, 5.74) is 2.46. The van der Waals surface area contributed by atoms with Gasteiger partial charge in [0.25, 0.3) is 0 Å². The number of halogens is 1. The Labute approximate surface area is 135 Å². The number of carbonyl (C=O) groups is 1. The lowest BCUT2D eigenvalue weighted by atomic mass is 10.1. The number of carboxylic acid groups (broad SMARTS) is 1. The van der Waals surface area contributed by atoms with E-state index < -0.39 is 5.97 Å². The molecular formula is C17H11BrN2O2. The molecule has 22 heavy (non-hydrogen) atoms. The molecule has 0 spiro atoms. The third-order valence-corrected chi connectivity index (χ3v) is 3.67. The van der Waals surface area contributed by atoms with E-state index in [4.69, 9.17) is 0 Å². The molecule has 3 aromatic rings. The van der Waals surface area contributed by atoms with Crippen molar-refractivity contribution in [2.24, 2.45) is 0 Å². The molecule has 4 nitrogen and oxygen atoms in total. The first kappa shape index (κ1) is 14.4. The van der Waals surface area contributed by atoms with Crippen molar-refractivity contribution in [1.82, 2.24) is 9.97 Å². The molecule has 1 aromatic carbocycles. The largest absolute Gasteiger partial charge is 0.478 e. The van der Waals surface area contributed by atoms with E-state index in [-0.39, 0.29) is 5.56 Å². The Bertz CT molecular complexity index is 876. The zero-order valence-corrected chi connectivity index (χ0v) is 13.0. The van der Waals surface area contributed by atoms with Crippen LogP contribution in [0.15, 0.2) is 53.3 Å². The first-order chi connectivity index (χ1) is 10.6. The number of hydrogen-bond acceptors (Lipinski definition) is 3. The SMILES string of the molecule is O=C(O)c1cc(C=Cc2ccncc2)nc2ccc(Br)cc12. The lowest BCUT2D eigenvalue weighted by Gasteiger charge is -2.05. The molecule has 0 aliphatic rings. The average Bonchev–Trinajstić information content (AvgIpc) is 2.53. The van der Waals surface area contributed by atoms with Gasteiger partial charge in [-0.25, -0.2) is 9.78 Å². The molecule has 0 fully saturated rings. The van der Waals surface area contributed by atoms with Crippen LogP contribution in [0.25, 0.3) is 23.1 Å². The predicted octanol–water partition coefficient (Wildman–Crippen LogP) is 4.26. The number of benzene rings is 1. The highest BCUT2D eigenvalue weighted by molar-refractivity contribution is 9.10. The molecule has 0 aliphatic heterocycles. The van der Waals surface area contributed by atoms with E-state index in [0.717, 1.165) is 10.0 Å². The van der Waals surface area contributed by atoms with E-state index in [1.807, 2.05) is 24.3 Å². The molecule has 5 heteroatoms. The number of rotatable bonds is 3. The van der Waals surface area contributed by atoms with E-state index >= 15 is 0 Å². The molecule has 1 N–H and O–H groups in total. The molecule has 0 unspecified atom stereocenters. The van der Waals surface area contributed by atoms with Gasteiger partial charge in [-0.1, -0.05) is 22.0 Å². The average molecular weight is 355 g/mol. The predicted molar refractivity (Wildman–Crippen MR) is 89.6 cm³/mol. The van der Waals surface area contributed by atoms with Gasteiger partial charge in [0.2, 0.25) is 0 Å². The van der Waals surface area contributed by atoms with Gasteiger partial charge in [0, 0.05) is 22.3 Å². The van der Waals surface area contributed by atoms with E-state index in [0.29, 0.717) is 16.6 Å². The maximum absolute atomic E-state index is 11.5. The van der Waals surface area contributed by atoms with Gasteiger partial charge in [0.15, 0.2) is 0 Å². The highest BCUT2D eigenvalue weighted by atomic mass is 79.9.